The lowest BCUT2D eigenvalue weighted by atomic mass is 10.1. The van der Waals surface area contributed by atoms with Gasteiger partial charge in [-0.15, -0.1) is 0 Å². The van der Waals surface area contributed by atoms with E-state index in [4.69, 9.17) is 11.5 Å². The summed E-state index contributed by atoms with van der Waals surface area (Å²) < 4.78 is 0. The average molecular weight is 269 g/mol. The molecule has 20 heavy (non-hydrogen) atoms. The Bertz CT molecular complexity index is 637. The maximum Gasteiger partial charge on any atom is 0.250 e. The molecule has 0 spiro atoms. The van der Waals surface area contributed by atoms with Gasteiger partial charge in [-0.05, 0) is 30.2 Å². The van der Waals surface area contributed by atoms with Crippen LogP contribution in [0, 0.1) is 6.92 Å². The minimum Gasteiger partial charge on any atom is -0.397 e. The number of anilines is 2. The van der Waals surface area contributed by atoms with Gasteiger partial charge in [0.15, 0.2) is 0 Å². The van der Waals surface area contributed by atoms with E-state index >= 15 is 0 Å². The molecule has 0 saturated carbocycles. The molecule has 4 N–H and O–H groups in total. The van der Waals surface area contributed by atoms with Gasteiger partial charge in [-0.3, -0.25) is 4.79 Å². The molecule has 0 radical (unpaired) electrons. The normalized spacial score (nSPS) is 10.3. The third kappa shape index (κ3) is 2.74. The average Bonchev–Trinajstić information content (AvgIpc) is 2.40. The number of nitrogens with two attached hydrogens (primary N) is 2. The van der Waals surface area contributed by atoms with Crippen molar-refractivity contribution < 1.29 is 4.79 Å². The summed E-state index contributed by atoms with van der Waals surface area (Å²) in [4.78, 5) is 13.5. The Morgan fingerprint density at radius 2 is 1.85 bits per heavy atom. The fourth-order valence-corrected chi connectivity index (χ4v) is 2.31. The van der Waals surface area contributed by atoms with Crippen molar-refractivity contribution in [3.05, 3.63) is 59.2 Å². The van der Waals surface area contributed by atoms with Gasteiger partial charge >= 0.3 is 0 Å². The quantitative estimate of drug-likeness (QED) is 0.837. The zero-order valence-corrected chi connectivity index (χ0v) is 11.8. The number of hydrogen-bond acceptors (Lipinski definition) is 3. The Hall–Kier alpha value is -2.49. The highest BCUT2D eigenvalue weighted by molar-refractivity contribution is 6.01. The maximum absolute atomic E-state index is 11.5. The van der Waals surface area contributed by atoms with E-state index < -0.39 is 5.91 Å². The first-order chi connectivity index (χ1) is 9.50. The molecular weight excluding hydrogens is 250 g/mol. The van der Waals surface area contributed by atoms with Crippen LogP contribution in [0.3, 0.4) is 0 Å². The van der Waals surface area contributed by atoms with Gasteiger partial charge in [0.1, 0.15) is 0 Å². The Balaban J connectivity index is 2.37. The van der Waals surface area contributed by atoms with Crippen molar-refractivity contribution in [1.29, 1.82) is 0 Å². The number of amides is 1. The summed E-state index contributed by atoms with van der Waals surface area (Å²) in [6.07, 6.45) is 0. The van der Waals surface area contributed by atoms with Crippen molar-refractivity contribution >= 4 is 17.3 Å². The van der Waals surface area contributed by atoms with Crippen LogP contribution in [-0.2, 0) is 6.54 Å². The molecule has 0 aromatic heterocycles. The lowest BCUT2D eigenvalue weighted by Crippen LogP contribution is -2.23. The standard InChI is InChI=1S/C16H19N3O/c1-11-6-3-4-7-12(11)10-19(2)15-13(16(18)20)8-5-9-14(15)17/h3-9H,10,17H2,1-2H3,(H2,18,20). The van der Waals surface area contributed by atoms with Gasteiger partial charge in [0.25, 0.3) is 5.91 Å². The summed E-state index contributed by atoms with van der Waals surface area (Å²) in [6, 6.07) is 13.3. The second-order valence-corrected chi connectivity index (χ2v) is 4.89. The zero-order chi connectivity index (χ0) is 14.7. The van der Waals surface area contributed by atoms with Crippen LogP contribution in [0.5, 0.6) is 0 Å². The van der Waals surface area contributed by atoms with Crippen molar-refractivity contribution in [3.63, 3.8) is 0 Å². The summed E-state index contributed by atoms with van der Waals surface area (Å²) in [7, 11) is 1.91. The number of para-hydroxylation sites is 1. The molecule has 0 heterocycles. The van der Waals surface area contributed by atoms with Crippen LogP contribution in [0.25, 0.3) is 0 Å². The topological polar surface area (TPSA) is 72.3 Å². The zero-order valence-electron chi connectivity index (χ0n) is 11.8. The number of benzene rings is 2. The first kappa shape index (κ1) is 13.9. The number of carbonyl (C=O) groups excluding carboxylic acids is 1. The molecule has 4 nitrogen and oxygen atoms in total. The molecule has 0 unspecified atom stereocenters. The Morgan fingerprint density at radius 1 is 1.15 bits per heavy atom. The molecule has 2 aromatic carbocycles. The van der Waals surface area contributed by atoms with Crippen molar-refractivity contribution in [3.8, 4) is 0 Å². The second kappa shape index (κ2) is 5.65. The number of primary amides is 1. The lowest BCUT2D eigenvalue weighted by Gasteiger charge is -2.24. The molecular formula is C16H19N3O. The molecule has 1 amide bonds. The van der Waals surface area contributed by atoms with Crippen molar-refractivity contribution in [2.24, 2.45) is 5.73 Å². The summed E-state index contributed by atoms with van der Waals surface area (Å²) in [5.74, 6) is -0.469. The van der Waals surface area contributed by atoms with Gasteiger partial charge in [0.05, 0.1) is 16.9 Å². The number of nitrogens with zero attached hydrogens (tertiary/aromatic N) is 1. The number of rotatable bonds is 4. The van der Waals surface area contributed by atoms with E-state index in [0.29, 0.717) is 23.5 Å². The number of aryl methyl sites for hydroxylation is 1. The fourth-order valence-electron chi connectivity index (χ4n) is 2.31. The van der Waals surface area contributed by atoms with Crippen LogP contribution in [0.2, 0.25) is 0 Å². The van der Waals surface area contributed by atoms with E-state index in [1.165, 1.54) is 11.1 Å². The third-order valence-electron chi connectivity index (χ3n) is 3.38. The highest BCUT2D eigenvalue weighted by atomic mass is 16.1. The Morgan fingerprint density at radius 3 is 2.50 bits per heavy atom. The van der Waals surface area contributed by atoms with Gasteiger partial charge in [-0.1, -0.05) is 30.3 Å². The highest BCUT2D eigenvalue weighted by Gasteiger charge is 2.15. The number of hydrogen-bond donors (Lipinski definition) is 2. The monoisotopic (exact) mass is 269 g/mol. The summed E-state index contributed by atoms with van der Waals surface area (Å²) in [5, 5.41) is 0. The molecule has 104 valence electrons. The Labute approximate surface area is 119 Å². The molecule has 0 bridgehead atoms. The van der Waals surface area contributed by atoms with E-state index in [9.17, 15) is 4.79 Å². The number of nitrogen functional groups attached to an aromatic ring is 1. The van der Waals surface area contributed by atoms with Crippen LogP contribution in [0.15, 0.2) is 42.5 Å². The number of carbonyl (C=O) groups is 1. The lowest BCUT2D eigenvalue weighted by molar-refractivity contribution is 0.100. The van der Waals surface area contributed by atoms with Crippen molar-refractivity contribution in [2.75, 3.05) is 17.7 Å². The first-order valence-corrected chi connectivity index (χ1v) is 6.44. The van der Waals surface area contributed by atoms with Crippen LogP contribution in [0.4, 0.5) is 11.4 Å². The van der Waals surface area contributed by atoms with Crippen LogP contribution in [-0.4, -0.2) is 13.0 Å². The minimum atomic E-state index is -0.469. The van der Waals surface area contributed by atoms with Crippen LogP contribution in [0.1, 0.15) is 21.5 Å². The second-order valence-electron chi connectivity index (χ2n) is 4.89. The Kier molecular flexibility index (Phi) is 3.94. The third-order valence-corrected chi connectivity index (χ3v) is 3.38. The minimum absolute atomic E-state index is 0.445. The van der Waals surface area contributed by atoms with E-state index in [1.54, 1.807) is 18.2 Å². The van der Waals surface area contributed by atoms with E-state index in [-0.39, 0.29) is 0 Å². The van der Waals surface area contributed by atoms with Gasteiger partial charge in [0, 0.05) is 13.6 Å². The van der Waals surface area contributed by atoms with Gasteiger partial charge in [-0.2, -0.15) is 0 Å². The van der Waals surface area contributed by atoms with Crippen LogP contribution < -0.4 is 16.4 Å². The van der Waals surface area contributed by atoms with Crippen LogP contribution >= 0.6 is 0 Å². The summed E-state index contributed by atoms with van der Waals surface area (Å²) >= 11 is 0. The van der Waals surface area contributed by atoms with E-state index in [2.05, 4.69) is 19.1 Å². The fraction of sp³-hybridized carbons (Fsp3) is 0.188. The molecule has 0 saturated heterocycles. The SMILES string of the molecule is Cc1ccccc1CN(C)c1c(N)cccc1C(N)=O. The van der Waals surface area contributed by atoms with Crippen molar-refractivity contribution in [2.45, 2.75) is 13.5 Å². The molecule has 0 fully saturated rings. The molecule has 0 aliphatic carbocycles. The van der Waals surface area contributed by atoms with Gasteiger partial charge in [-0.25, -0.2) is 0 Å². The summed E-state index contributed by atoms with van der Waals surface area (Å²) in [5.41, 5.74) is 15.5. The van der Waals surface area contributed by atoms with Crippen molar-refractivity contribution in [1.82, 2.24) is 0 Å². The van der Waals surface area contributed by atoms with Gasteiger partial charge in [0.2, 0.25) is 0 Å². The van der Waals surface area contributed by atoms with E-state index in [0.717, 1.165) is 0 Å². The molecule has 0 aliphatic heterocycles. The predicted octanol–water partition coefficient (Wildman–Crippen LogP) is 2.31. The highest BCUT2D eigenvalue weighted by Crippen LogP contribution is 2.28. The van der Waals surface area contributed by atoms with E-state index in [1.807, 2.05) is 24.1 Å². The predicted molar refractivity (Wildman–Crippen MR) is 82.7 cm³/mol. The maximum atomic E-state index is 11.5. The first-order valence-electron chi connectivity index (χ1n) is 6.44. The molecule has 2 aromatic rings. The largest absolute Gasteiger partial charge is 0.397 e. The molecule has 0 atom stereocenters. The molecule has 4 heteroatoms. The van der Waals surface area contributed by atoms with Gasteiger partial charge < -0.3 is 16.4 Å². The smallest absolute Gasteiger partial charge is 0.250 e. The summed E-state index contributed by atoms with van der Waals surface area (Å²) in [6.45, 7) is 2.73. The molecule has 2 rings (SSSR count). The molecule has 0 aliphatic rings.